The topological polar surface area (TPSA) is 72.6 Å². The van der Waals surface area contributed by atoms with Gasteiger partial charge in [-0.1, -0.05) is 0 Å². The Labute approximate surface area is 43.7 Å². The third-order valence-corrected chi connectivity index (χ3v) is 0.0667. The monoisotopic (exact) mass is 131 g/mol. The van der Waals surface area contributed by atoms with Crippen molar-refractivity contribution in [3.63, 3.8) is 0 Å². The van der Waals surface area contributed by atoms with Crippen LogP contribution in [0, 0.1) is 10.1 Å². The molecule has 0 aliphatic rings. The molecule has 5 nitrogen and oxygen atoms in total. The van der Waals surface area contributed by atoms with Crippen molar-refractivity contribution in [2.45, 2.75) is 0 Å². The van der Waals surface area contributed by atoms with Crippen molar-refractivity contribution in [3.05, 3.63) is 10.1 Å². The molecule has 0 radical (unpaired) electrons. The molecule has 0 aliphatic heterocycles. The van der Waals surface area contributed by atoms with Gasteiger partial charge in [0.15, 0.2) is 0 Å². The first kappa shape index (κ1) is 9.19. The van der Waals surface area contributed by atoms with E-state index in [9.17, 15) is 0 Å². The molecule has 0 unspecified atom stereocenters. The van der Waals surface area contributed by atoms with Crippen LogP contribution in [0.3, 0.4) is 0 Å². The summed E-state index contributed by atoms with van der Waals surface area (Å²) in [6, 6.07) is 0. The van der Waals surface area contributed by atoms with Gasteiger partial charge in [0.1, 0.15) is 0 Å². The van der Waals surface area contributed by atoms with E-state index in [1.807, 2.05) is 0 Å². The van der Waals surface area contributed by atoms with E-state index in [0.717, 1.165) is 0 Å². The van der Waals surface area contributed by atoms with Crippen LogP contribution in [0.2, 0.25) is 0 Å². The zero-order chi connectivity index (χ0) is 4.28. The van der Waals surface area contributed by atoms with E-state index in [2.05, 4.69) is 4.99 Å². The average molecular weight is 131 g/mol. The molecule has 0 aromatic heterocycles. The summed E-state index contributed by atoms with van der Waals surface area (Å²) in [5.74, 6) is 0. The summed E-state index contributed by atoms with van der Waals surface area (Å²) in [7, 11) is 0. The second-order valence-electron chi connectivity index (χ2n) is 0.305. The average Bonchev–Trinajstić information content (AvgIpc) is 1.38. The molecule has 0 atom stereocenters. The van der Waals surface area contributed by atoms with Crippen LogP contribution >= 0.6 is 0 Å². The van der Waals surface area contributed by atoms with Crippen LogP contribution in [0.5, 0.6) is 0 Å². The van der Waals surface area contributed by atoms with Crippen molar-refractivity contribution in [2.24, 2.45) is 0 Å². The van der Waals surface area contributed by atoms with E-state index in [1.165, 1.54) is 0 Å². The summed E-state index contributed by atoms with van der Waals surface area (Å²) in [6.45, 7) is 0. The molecule has 0 aliphatic carbocycles. The van der Waals surface area contributed by atoms with Crippen LogP contribution in [0.25, 0.3) is 0 Å². The van der Waals surface area contributed by atoms with Gasteiger partial charge < -0.3 is 0 Å². The Hall–Kier alpha value is -0.308. The summed E-state index contributed by atoms with van der Waals surface area (Å²) in [6.07, 6.45) is 0. The van der Waals surface area contributed by atoms with E-state index >= 15 is 0 Å². The predicted molar refractivity (Wildman–Crippen MR) is 10.7 cm³/mol. The quantitative estimate of drug-likeness (QED) is 0.300. The molecule has 0 aromatic rings. The SMILES string of the molecule is O=[N+]([O-])OO.[Cr]. The van der Waals surface area contributed by atoms with E-state index in [-0.39, 0.29) is 17.4 Å². The maximum absolute atomic E-state index is 8.70. The zero-order valence-electron chi connectivity index (χ0n) is 2.53. The Bertz CT molecular complexity index is 42.8. The number of rotatable bonds is 1. The Morgan fingerprint density at radius 1 is 1.83 bits per heavy atom. The first-order valence-corrected chi connectivity index (χ1v) is 0.730. The molecular formula is HCrNO4. The molecule has 0 bridgehead atoms. The molecule has 6 heteroatoms. The molecule has 0 amide bonds. The Balaban J connectivity index is 0. The van der Waals surface area contributed by atoms with Crippen LogP contribution in [-0.2, 0) is 22.3 Å². The van der Waals surface area contributed by atoms with Crippen LogP contribution < -0.4 is 0 Å². The molecule has 1 N–H and O–H groups in total. The van der Waals surface area contributed by atoms with Gasteiger partial charge >= 0.3 is 5.09 Å². The number of hydrogen-bond acceptors (Lipinski definition) is 4. The van der Waals surface area contributed by atoms with Crippen molar-refractivity contribution in [1.82, 2.24) is 0 Å². The second-order valence-corrected chi connectivity index (χ2v) is 0.305. The third kappa shape index (κ3) is 9.34. The first-order valence-electron chi connectivity index (χ1n) is 0.730. The normalized spacial score (nSPS) is 5.50. The molecular weight excluding hydrogens is 130 g/mol. The Morgan fingerprint density at radius 3 is 2.00 bits per heavy atom. The number of nitrogens with zero attached hydrogens (tertiary/aromatic N) is 1. The molecule has 0 spiro atoms. The van der Waals surface area contributed by atoms with Crippen molar-refractivity contribution >= 4 is 0 Å². The fraction of sp³-hybridized carbons (Fsp3) is 0. The van der Waals surface area contributed by atoms with Crippen LogP contribution in [-0.4, -0.2) is 10.3 Å². The minimum absolute atomic E-state index is 0. The fourth-order valence-corrected chi connectivity index (χ4v) is 0. The third-order valence-electron chi connectivity index (χ3n) is 0.0667. The van der Waals surface area contributed by atoms with Crippen LogP contribution in [0.4, 0.5) is 0 Å². The number of hydrogen-bond donors (Lipinski definition) is 1. The van der Waals surface area contributed by atoms with Crippen LogP contribution in [0.15, 0.2) is 0 Å². The molecule has 6 heavy (non-hydrogen) atoms. The van der Waals surface area contributed by atoms with E-state index in [0.29, 0.717) is 0 Å². The van der Waals surface area contributed by atoms with Gasteiger partial charge in [-0.05, 0) is 0 Å². The van der Waals surface area contributed by atoms with Gasteiger partial charge in [-0.3, -0.25) is 0 Å². The standard InChI is InChI=1S/Cr.HNO4/c;2-1(3)5-4/h;4H. The van der Waals surface area contributed by atoms with Crippen molar-refractivity contribution in [3.8, 4) is 0 Å². The second kappa shape index (κ2) is 4.69. The Kier molecular flexibility index (Phi) is 7.19. The summed E-state index contributed by atoms with van der Waals surface area (Å²) in [5, 5.41) is 14.3. The summed E-state index contributed by atoms with van der Waals surface area (Å²) in [5.41, 5.74) is 0. The van der Waals surface area contributed by atoms with Crippen molar-refractivity contribution < 1.29 is 32.7 Å². The van der Waals surface area contributed by atoms with Crippen molar-refractivity contribution in [1.29, 1.82) is 0 Å². The van der Waals surface area contributed by atoms with Gasteiger partial charge in [-0.2, -0.15) is 0 Å². The molecule has 36 valence electrons. The van der Waals surface area contributed by atoms with Gasteiger partial charge in [-0.25, -0.2) is 5.26 Å². The van der Waals surface area contributed by atoms with Crippen molar-refractivity contribution in [2.75, 3.05) is 0 Å². The zero-order valence-corrected chi connectivity index (χ0v) is 3.80. The molecule has 0 rings (SSSR count). The van der Waals surface area contributed by atoms with E-state index < -0.39 is 5.09 Å². The minimum atomic E-state index is -1.32. The molecule has 0 aromatic carbocycles. The summed E-state index contributed by atoms with van der Waals surface area (Å²) in [4.78, 5) is 11.2. The van der Waals surface area contributed by atoms with Crippen LogP contribution in [0.1, 0.15) is 0 Å². The van der Waals surface area contributed by atoms with Gasteiger partial charge in [0.2, 0.25) is 0 Å². The molecule has 0 saturated carbocycles. The van der Waals surface area contributed by atoms with E-state index in [1.54, 1.807) is 0 Å². The smallest absolute Gasteiger partial charge is 0.214 e. The largest absolute Gasteiger partial charge is 0.322 e. The van der Waals surface area contributed by atoms with Gasteiger partial charge in [0.05, 0.1) is 0 Å². The van der Waals surface area contributed by atoms with Gasteiger partial charge in [0.25, 0.3) is 0 Å². The molecule has 0 saturated heterocycles. The molecule has 0 fully saturated rings. The predicted octanol–water partition coefficient (Wildman–Crippen LogP) is -0.335. The maximum atomic E-state index is 8.70. The Morgan fingerprint density at radius 2 is 2.00 bits per heavy atom. The fourth-order valence-electron chi connectivity index (χ4n) is 0. The molecule has 0 heterocycles. The minimum Gasteiger partial charge on any atom is -0.214 e. The van der Waals surface area contributed by atoms with E-state index in [4.69, 9.17) is 15.4 Å². The van der Waals surface area contributed by atoms with Gasteiger partial charge in [-0.15, -0.1) is 15.1 Å². The first-order chi connectivity index (χ1) is 2.27. The summed E-state index contributed by atoms with van der Waals surface area (Å²) < 4.78 is 0. The van der Waals surface area contributed by atoms with Gasteiger partial charge in [0, 0.05) is 17.4 Å². The summed E-state index contributed by atoms with van der Waals surface area (Å²) >= 11 is 0. The maximum Gasteiger partial charge on any atom is 0.322 e.